The van der Waals surface area contributed by atoms with Crippen molar-refractivity contribution < 1.29 is 34.4 Å². The van der Waals surface area contributed by atoms with Gasteiger partial charge in [0.15, 0.2) is 6.03 Å². The van der Waals surface area contributed by atoms with E-state index in [4.69, 9.17) is 0 Å². The molecule has 1 aromatic carbocycles. The van der Waals surface area contributed by atoms with Crippen LogP contribution >= 0.6 is 11.9 Å². The van der Waals surface area contributed by atoms with Gasteiger partial charge in [0.05, 0.1) is 0 Å². The van der Waals surface area contributed by atoms with Crippen molar-refractivity contribution in [3.63, 3.8) is 0 Å². The van der Waals surface area contributed by atoms with Crippen molar-refractivity contribution in [2.75, 3.05) is 19.4 Å². The van der Waals surface area contributed by atoms with Crippen molar-refractivity contribution in [1.82, 2.24) is 4.90 Å². The minimum Gasteiger partial charge on any atom is -0.423 e. The van der Waals surface area contributed by atoms with Gasteiger partial charge >= 0.3 is 29.6 Å². The average molecular weight is 382 g/mol. The van der Waals surface area contributed by atoms with E-state index in [1.165, 1.54) is 47.0 Å². The number of nitrogens with one attached hydrogen (secondary N) is 1. The topological polar surface area (TPSA) is 46.4 Å². The molecule has 0 atom stereocenters. The monoisotopic (exact) mass is 381 g/mol. The van der Waals surface area contributed by atoms with E-state index in [0.29, 0.717) is 0 Å². The van der Waals surface area contributed by atoms with Gasteiger partial charge < -0.3 is 14.9 Å². The van der Waals surface area contributed by atoms with Crippen molar-refractivity contribution in [2.24, 2.45) is 0 Å². The third-order valence-electron chi connectivity index (χ3n) is 5.53. The van der Waals surface area contributed by atoms with E-state index in [0.717, 1.165) is 31.4 Å². The van der Waals surface area contributed by atoms with Crippen molar-refractivity contribution in [1.29, 1.82) is 0 Å². The molecule has 0 spiro atoms. The summed E-state index contributed by atoms with van der Waals surface area (Å²) in [6.45, 7) is 4.25. The van der Waals surface area contributed by atoms with E-state index in [1.807, 2.05) is 19.5 Å². The zero-order valence-corrected chi connectivity index (χ0v) is 19.5. The third kappa shape index (κ3) is 4.87. The molecule has 0 heterocycles. The maximum Gasteiger partial charge on any atom is 1.00 e. The van der Waals surface area contributed by atoms with Crippen LogP contribution in [-0.2, 0) is 25.7 Å². The van der Waals surface area contributed by atoms with Crippen LogP contribution in [0.15, 0.2) is 17.6 Å². The number of hydrogen-bond acceptors (Lipinski definition) is 3. The Morgan fingerprint density at radius 1 is 1.15 bits per heavy atom. The second kappa shape index (κ2) is 9.16. The predicted octanol–water partition coefficient (Wildman–Crippen LogP) is 2.08. The number of amides is 2. The Morgan fingerprint density at radius 3 is 2.27 bits per heavy atom. The van der Waals surface area contributed by atoms with E-state index in [-0.39, 0.29) is 41.1 Å². The first-order chi connectivity index (χ1) is 11.9. The number of likely N-dealkylation sites (N-methyl/N-ethyl adjacent to an activating group) is 1. The van der Waals surface area contributed by atoms with E-state index in [1.54, 1.807) is 0 Å². The number of carbonyl (C=O) groups is 1. The van der Waals surface area contributed by atoms with Crippen LogP contribution in [0.1, 0.15) is 48.9 Å². The molecule has 2 aliphatic rings. The summed E-state index contributed by atoms with van der Waals surface area (Å²) >= 11 is 1.20. The van der Waals surface area contributed by atoms with E-state index < -0.39 is 0 Å². The van der Waals surface area contributed by atoms with Crippen LogP contribution in [-0.4, -0.2) is 30.6 Å². The molecule has 4 nitrogen and oxygen atoms in total. The van der Waals surface area contributed by atoms with Crippen molar-refractivity contribution in [2.45, 2.75) is 57.9 Å². The van der Waals surface area contributed by atoms with Gasteiger partial charge in [-0.2, -0.15) is 0 Å². The second-order valence-corrected chi connectivity index (χ2v) is 8.38. The van der Waals surface area contributed by atoms with Gasteiger partial charge in [0.25, 0.3) is 0 Å². The molecule has 0 radical (unpaired) electrons. The predicted molar refractivity (Wildman–Crippen MR) is 107 cm³/mol. The van der Waals surface area contributed by atoms with Crippen LogP contribution in [0.5, 0.6) is 0 Å². The Kier molecular flexibility index (Phi) is 7.69. The number of fused-ring (bicyclic) bond motifs is 2. The number of hydrogen-bond donors (Lipinski definition) is 1. The van der Waals surface area contributed by atoms with Crippen molar-refractivity contribution in [3.8, 4) is 0 Å². The largest absolute Gasteiger partial charge is 1.00 e. The molecule has 0 fully saturated rings. The molecule has 0 saturated carbocycles. The number of urea groups is 1. The number of benzene rings is 1. The zero-order valence-electron chi connectivity index (χ0n) is 16.7. The van der Waals surface area contributed by atoms with Gasteiger partial charge in [0, 0.05) is 5.54 Å². The van der Waals surface area contributed by atoms with Gasteiger partial charge in [-0.15, -0.1) is 11.9 Å². The van der Waals surface area contributed by atoms with Gasteiger partial charge in [-0.3, -0.25) is 4.79 Å². The molecule has 0 aliphatic heterocycles. The average Bonchev–Trinajstić information content (AvgIpc) is 3.20. The van der Waals surface area contributed by atoms with Gasteiger partial charge in [0.1, 0.15) is 0 Å². The molecule has 1 N–H and O–H groups in total. The smallest absolute Gasteiger partial charge is 0.423 e. The molecule has 26 heavy (non-hydrogen) atoms. The van der Waals surface area contributed by atoms with Gasteiger partial charge in [-0.25, -0.2) is 0 Å². The molecular weight excluding hydrogens is 353 g/mol. The molecule has 3 rings (SSSR count). The molecule has 136 valence electrons. The summed E-state index contributed by atoms with van der Waals surface area (Å²) < 4.78 is 4.09. The Balaban J connectivity index is 0.00000243. The SMILES string of the molecule is CN(C)C(C)(C)/C=C/S[N-]C(=O)Nc1c2c(cc3c1CCC3)CCC2.[Na+]. The molecule has 2 aliphatic carbocycles. The van der Waals surface area contributed by atoms with E-state index >= 15 is 0 Å². The van der Waals surface area contributed by atoms with Crippen LogP contribution in [0.3, 0.4) is 0 Å². The maximum atomic E-state index is 12.3. The third-order valence-corrected chi connectivity index (χ3v) is 6.06. The first-order valence-corrected chi connectivity index (χ1v) is 9.91. The van der Waals surface area contributed by atoms with E-state index in [2.05, 4.69) is 40.9 Å². The fraction of sp³-hybridized carbons (Fsp3) is 0.550. The Bertz CT molecular complexity index is 669. The van der Waals surface area contributed by atoms with Gasteiger partial charge in [-0.1, -0.05) is 12.1 Å². The summed E-state index contributed by atoms with van der Waals surface area (Å²) in [5.74, 6) is 0. The minimum atomic E-state index is -0.258. The Labute approximate surface area is 184 Å². The molecular formula is C20H28N3NaOS. The summed E-state index contributed by atoms with van der Waals surface area (Å²) in [5, 5.41) is 4.98. The minimum absolute atomic E-state index is 0. The molecule has 0 aromatic heterocycles. The fourth-order valence-corrected chi connectivity index (χ4v) is 4.12. The summed E-state index contributed by atoms with van der Waals surface area (Å²) in [6.07, 6.45) is 8.86. The van der Waals surface area contributed by atoms with Crippen molar-refractivity contribution in [3.05, 3.63) is 44.5 Å². The molecule has 6 heteroatoms. The quantitative estimate of drug-likeness (QED) is 0.627. The first kappa shape index (κ1) is 21.8. The molecule has 0 saturated heterocycles. The standard InChI is InChI=1S/C20H29N3OS.Na/c1-20(2,23(3)4)11-12-25-22-19(24)21-18-16-9-5-7-14(16)13-15-8-6-10-17(15)18;/h11-13H,5-10H2,1-4H3,(H2,21,22,24);/q;+1/p-1/b12-11+;. The number of rotatable bonds is 5. The van der Waals surface area contributed by atoms with Crippen LogP contribution in [0.4, 0.5) is 10.5 Å². The van der Waals surface area contributed by atoms with Gasteiger partial charge in [0.2, 0.25) is 0 Å². The number of aryl methyl sites for hydroxylation is 2. The molecule has 0 unspecified atom stereocenters. The Hall–Kier alpha value is -0.460. The fourth-order valence-electron chi connectivity index (χ4n) is 3.52. The van der Waals surface area contributed by atoms with E-state index in [9.17, 15) is 4.79 Å². The molecule has 1 aromatic rings. The Morgan fingerprint density at radius 2 is 1.73 bits per heavy atom. The summed E-state index contributed by atoms with van der Waals surface area (Å²) in [5.41, 5.74) is 6.55. The number of carbonyl (C=O) groups excluding carboxylic acids is 1. The second-order valence-electron chi connectivity index (χ2n) is 7.71. The number of nitrogens with zero attached hydrogens (tertiary/aromatic N) is 2. The van der Waals surface area contributed by atoms with Crippen molar-refractivity contribution >= 4 is 23.7 Å². The summed E-state index contributed by atoms with van der Waals surface area (Å²) in [6, 6.07) is 2.12. The first-order valence-electron chi connectivity index (χ1n) is 9.08. The van der Waals surface area contributed by atoms with Gasteiger partial charge in [-0.05, 0) is 99.8 Å². The van der Waals surface area contributed by atoms with Crippen LogP contribution in [0, 0.1) is 0 Å². The van der Waals surface area contributed by atoms with Crippen LogP contribution < -0.4 is 34.9 Å². The zero-order chi connectivity index (χ0) is 18.0. The normalized spacial score (nSPS) is 15.7. The molecule has 0 bridgehead atoms. The van der Waals surface area contributed by atoms with Crippen LogP contribution in [0.2, 0.25) is 0 Å². The maximum absolute atomic E-state index is 12.3. The molecule has 2 amide bonds. The summed E-state index contributed by atoms with van der Waals surface area (Å²) in [7, 11) is 4.07. The van der Waals surface area contributed by atoms with Crippen LogP contribution in [0.25, 0.3) is 4.72 Å². The summed E-state index contributed by atoms with van der Waals surface area (Å²) in [4.78, 5) is 14.5. The number of anilines is 1.